The minimum Gasteiger partial charge on any atom is -0.490 e. The first-order chi connectivity index (χ1) is 20.2. The number of carbonyl (C=O) groups is 3. The highest BCUT2D eigenvalue weighted by molar-refractivity contribution is 5.95. The minimum absolute atomic E-state index is 0.173. The van der Waals surface area contributed by atoms with Gasteiger partial charge in [-0.15, -0.1) is 0 Å². The maximum Gasteiger partial charge on any atom is 0.337 e. The number of aliphatic hydroxyl groups is 1. The first kappa shape index (κ1) is 29.7. The summed E-state index contributed by atoms with van der Waals surface area (Å²) < 4.78 is 22.0. The minimum atomic E-state index is -1.19. The topological polar surface area (TPSA) is 181 Å². The number of hydrogen-bond acceptors (Lipinski definition) is 10. The van der Waals surface area contributed by atoms with Gasteiger partial charge < -0.3 is 39.5 Å². The highest BCUT2D eigenvalue weighted by Gasteiger charge is 2.32. The van der Waals surface area contributed by atoms with E-state index in [1.165, 1.54) is 25.5 Å². The SMILES string of the molecule is CCOc1cc([C@H]2NC(=O)NC(C)=C2C(=O)OC)ccc1OC[C@@H](O)N/N=C\c1ccc(-c2ccc(C(=O)O)cc2)o1. The molecule has 1 aliphatic heterocycles. The first-order valence-electron chi connectivity index (χ1n) is 12.9. The number of aliphatic hydroxyl groups excluding tert-OH is 1. The Morgan fingerprint density at radius 1 is 1.12 bits per heavy atom. The van der Waals surface area contributed by atoms with E-state index in [2.05, 4.69) is 21.2 Å². The van der Waals surface area contributed by atoms with Gasteiger partial charge in [0.05, 0.1) is 37.1 Å². The summed E-state index contributed by atoms with van der Waals surface area (Å²) in [6, 6.07) is 13.4. The molecule has 0 saturated heterocycles. The monoisotopic (exact) mass is 578 g/mol. The van der Waals surface area contributed by atoms with Crippen molar-refractivity contribution in [3.05, 3.63) is 82.8 Å². The van der Waals surface area contributed by atoms with Gasteiger partial charge in [-0.05, 0) is 55.8 Å². The zero-order chi connectivity index (χ0) is 30.2. The number of allylic oxidation sites excluding steroid dienone is 1. The molecule has 13 nitrogen and oxygen atoms in total. The number of hydrogen-bond donors (Lipinski definition) is 5. The molecule has 2 aromatic carbocycles. The number of urea groups is 1. The summed E-state index contributed by atoms with van der Waals surface area (Å²) in [7, 11) is 1.26. The largest absolute Gasteiger partial charge is 0.490 e. The highest BCUT2D eigenvalue weighted by atomic mass is 16.5. The number of carboxylic acid groups (broad SMARTS) is 1. The van der Waals surface area contributed by atoms with Crippen LogP contribution in [0, 0.1) is 0 Å². The number of benzene rings is 2. The lowest BCUT2D eigenvalue weighted by atomic mass is 9.95. The normalized spacial score (nSPS) is 15.5. The number of carboxylic acids is 1. The molecule has 0 bridgehead atoms. The summed E-state index contributed by atoms with van der Waals surface area (Å²) in [4.78, 5) is 35.5. The van der Waals surface area contributed by atoms with E-state index in [1.807, 2.05) is 0 Å². The summed E-state index contributed by atoms with van der Waals surface area (Å²) >= 11 is 0. The van der Waals surface area contributed by atoms with Crippen LogP contribution < -0.4 is 25.5 Å². The van der Waals surface area contributed by atoms with E-state index < -0.39 is 30.2 Å². The van der Waals surface area contributed by atoms with E-state index >= 15 is 0 Å². The predicted octanol–water partition coefficient (Wildman–Crippen LogP) is 3.17. The molecule has 4 rings (SSSR count). The molecule has 3 aromatic rings. The van der Waals surface area contributed by atoms with Gasteiger partial charge in [0.15, 0.2) is 17.7 Å². The van der Waals surface area contributed by atoms with Crippen molar-refractivity contribution in [1.82, 2.24) is 16.1 Å². The Balaban J connectivity index is 1.38. The number of carbonyl (C=O) groups excluding carboxylic acids is 2. The molecule has 220 valence electrons. The molecule has 0 fully saturated rings. The van der Waals surface area contributed by atoms with Crippen molar-refractivity contribution in [3.63, 3.8) is 0 Å². The molecule has 0 radical (unpaired) electrons. The molecule has 2 amide bonds. The van der Waals surface area contributed by atoms with Crippen LogP contribution in [-0.2, 0) is 9.53 Å². The third-order valence-electron chi connectivity index (χ3n) is 6.13. The molecular formula is C29H30N4O9. The van der Waals surface area contributed by atoms with Gasteiger partial charge in [-0.1, -0.05) is 18.2 Å². The fourth-order valence-electron chi connectivity index (χ4n) is 4.16. The highest BCUT2D eigenvalue weighted by Crippen LogP contribution is 2.35. The molecule has 42 heavy (non-hydrogen) atoms. The molecule has 13 heteroatoms. The molecule has 1 aliphatic rings. The molecule has 0 aliphatic carbocycles. The number of hydrazone groups is 1. The van der Waals surface area contributed by atoms with Gasteiger partial charge in [-0.25, -0.2) is 14.4 Å². The Morgan fingerprint density at radius 3 is 2.57 bits per heavy atom. The lowest BCUT2D eigenvalue weighted by Crippen LogP contribution is -2.45. The molecule has 0 unspecified atom stereocenters. The lowest BCUT2D eigenvalue weighted by Gasteiger charge is -2.28. The number of esters is 1. The van der Waals surface area contributed by atoms with E-state index in [1.54, 1.807) is 56.3 Å². The second-order valence-corrected chi connectivity index (χ2v) is 9.00. The van der Waals surface area contributed by atoms with Gasteiger partial charge in [0, 0.05) is 11.3 Å². The van der Waals surface area contributed by atoms with Gasteiger partial charge in [0.25, 0.3) is 0 Å². The zero-order valence-electron chi connectivity index (χ0n) is 23.0. The van der Waals surface area contributed by atoms with Gasteiger partial charge in [-0.2, -0.15) is 5.10 Å². The first-order valence-corrected chi connectivity index (χ1v) is 12.9. The maximum absolute atomic E-state index is 12.4. The van der Waals surface area contributed by atoms with Gasteiger partial charge in [-0.3, -0.25) is 5.43 Å². The molecule has 2 atom stereocenters. The number of ether oxygens (including phenoxy) is 3. The van der Waals surface area contributed by atoms with E-state index in [0.717, 1.165) is 0 Å². The second kappa shape index (κ2) is 13.4. The van der Waals surface area contributed by atoms with Crippen LogP contribution in [0.1, 0.15) is 41.6 Å². The fourth-order valence-corrected chi connectivity index (χ4v) is 4.16. The summed E-state index contributed by atoms with van der Waals surface area (Å²) in [6.45, 7) is 3.54. The zero-order valence-corrected chi connectivity index (χ0v) is 23.0. The van der Waals surface area contributed by atoms with Gasteiger partial charge >= 0.3 is 18.0 Å². The average Bonchev–Trinajstić information content (AvgIpc) is 3.45. The number of nitrogens with zero attached hydrogens (tertiary/aromatic N) is 1. The molecular weight excluding hydrogens is 548 g/mol. The van der Waals surface area contributed by atoms with Crippen LogP contribution in [0.15, 0.2) is 75.4 Å². The molecule has 0 spiro atoms. The third kappa shape index (κ3) is 7.06. The van der Waals surface area contributed by atoms with Crippen molar-refractivity contribution in [2.45, 2.75) is 26.1 Å². The van der Waals surface area contributed by atoms with Gasteiger partial charge in [0.2, 0.25) is 0 Å². The Morgan fingerprint density at radius 2 is 1.88 bits per heavy atom. The molecule has 2 heterocycles. The Labute approximate surface area is 240 Å². The molecule has 1 aromatic heterocycles. The Kier molecular flexibility index (Phi) is 9.45. The standard InChI is InChI=1S/C29H30N4O9/c1-4-40-23-13-19(26-25(28(37)39-3)16(2)31-29(38)32-26)9-11-22(23)41-15-24(34)33-30-14-20-10-12-21(42-20)17-5-7-18(8-6-17)27(35)36/h5-14,24,26,33-34H,4,15H2,1-3H3,(H,35,36)(H2,31,32,38)/b30-14-/t24-,26-/m1/s1. The van der Waals surface area contributed by atoms with Crippen LogP contribution in [0.3, 0.4) is 0 Å². The third-order valence-corrected chi connectivity index (χ3v) is 6.13. The summed E-state index contributed by atoms with van der Waals surface area (Å²) in [5.41, 5.74) is 4.62. The van der Waals surface area contributed by atoms with Crippen LogP contribution in [0.4, 0.5) is 4.79 Å². The summed E-state index contributed by atoms with van der Waals surface area (Å²) in [6.07, 6.45) is 0.189. The van der Waals surface area contributed by atoms with E-state index in [4.69, 9.17) is 23.7 Å². The predicted molar refractivity (Wildman–Crippen MR) is 150 cm³/mol. The maximum atomic E-state index is 12.4. The van der Waals surface area contributed by atoms with E-state index in [9.17, 15) is 19.5 Å². The van der Waals surface area contributed by atoms with Crippen molar-refractivity contribution in [2.75, 3.05) is 20.3 Å². The molecule has 5 N–H and O–H groups in total. The number of rotatable bonds is 12. The second-order valence-electron chi connectivity index (χ2n) is 9.00. The van der Waals surface area contributed by atoms with Crippen LogP contribution >= 0.6 is 0 Å². The number of amides is 2. The van der Waals surface area contributed by atoms with E-state index in [0.29, 0.717) is 46.5 Å². The van der Waals surface area contributed by atoms with Crippen molar-refractivity contribution in [2.24, 2.45) is 5.10 Å². The van der Waals surface area contributed by atoms with Crippen LogP contribution in [0.2, 0.25) is 0 Å². The quantitative estimate of drug-likeness (QED) is 0.0927. The van der Waals surface area contributed by atoms with E-state index in [-0.39, 0.29) is 17.7 Å². The van der Waals surface area contributed by atoms with Crippen LogP contribution in [-0.4, -0.2) is 60.9 Å². The van der Waals surface area contributed by atoms with Crippen LogP contribution in [0.25, 0.3) is 11.3 Å². The number of methoxy groups -OCH3 is 1. The van der Waals surface area contributed by atoms with Crippen molar-refractivity contribution >= 4 is 24.2 Å². The van der Waals surface area contributed by atoms with Crippen molar-refractivity contribution < 1.29 is 43.2 Å². The number of nitrogens with one attached hydrogen (secondary N) is 3. The van der Waals surface area contributed by atoms with Crippen molar-refractivity contribution in [1.29, 1.82) is 0 Å². The van der Waals surface area contributed by atoms with Crippen LogP contribution in [0.5, 0.6) is 11.5 Å². The number of aromatic carboxylic acids is 1. The average molecular weight is 579 g/mol. The fraction of sp³-hybridized carbons (Fsp3) is 0.241. The summed E-state index contributed by atoms with van der Waals surface area (Å²) in [5, 5.41) is 28.6. The lowest BCUT2D eigenvalue weighted by molar-refractivity contribution is -0.136. The molecule has 0 saturated carbocycles. The number of furan rings is 1. The smallest absolute Gasteiger partial charge is 0.337 e. The Bertz CT molecular complexity index is 1510. The summed E-state index contributed by atoms with van der Waals surface area (Å²) in [5.74, 6) is 0.0106. The Hall–Kier alpha value is -5.30. The van der Waals surface area contributed by atoms with Crippen molar-refractivity contribution in [3.8, 4) is 22.8 Å². The van der Waals surface area contributed by atoms with Gasteiger partial charge in [0.1, 0.15) is 18.1 Å².